The van der Waals surface area contributed by atoms with Gasteiger partial charge in [0.1, 0.15) is 17.2 Å². The Hall–Kier alpha value is -2.82. The van der Waals surface area contributed by atoms with Crippen molar-refractivity contribution in [3.05, 3.63) is 71.9 Å². The van der Waals surface area contributed by atoms with Crippen molar-refractivity contribution in [2.75, 3.05) is 5.32 Å². The fraction of sp³-hybridized carbons (Fsp3) is 0. The number of halogens is 2. The first-order valence-corrected chi connectivity index (χ1v) is 6.25. The molecule has 5 heteroatoms. The van der Waals surface area contributed by atoms with Gasteiger partial charge in [-0.05, 0) is 36.4 Å². The molecule has 21 heavy (non-hydrogen) atoms. The van der Waals surface area contributed by atoms with Crippen molar-refractivity contribution in [2.24, 2.45) is 0 Å². The minimum atomic E-state index is -0.453. The van der Waals surface area contributed by atoms with E-state index < -0.39 is 17.5 Å². The summed E-state index contributed by atoms with van der Waals surface area (Å²) in [6.45, 7) is 0. The number of benzene rings is 2. The fourth-order valence-electron chi connectivity index (χ4n) is 2.04. The van der Waals surface area contributed by atoms with Crippen LogP contribution < -0.4 is 5.32 Å². The van der Waals surface area contributed by atoms with Crippen molar-refractivity contribution in [3.63, 3.8) is 0 Å². The molecule has 0 aliphatic rings. The van der Waals surface area contributed by atoms with E-state index >= 15 is 0 Å². The number of nitrogens with one attached hydrogen (secondary N) is 1. The summed E-state index contributed by atoms with van der Waals surface area (Å²) in [5, 5.41) is 3.19. The zero-order chi connectivity index (χ0) is 14.8. The van der Waals surface area contributed by atoms with Crippen molar-refractivity contribution in [2.45, 2.75) is 0 Å². The lowest BCUT2D eigenvalue weighted by atomic mass is 10.1. The zero-order valence-electron chi connectivity index (χ0n) is 10.8. The number of hydrogen-bond donors (Lipinski definition) is 1. The van der Waals surface area contributed by atoms with Gasteiger partial charge in [-0.15, -0.1) is 0 Å². The van der Waals surface area contributed by atoms with Crippen LogP contribution in [0.15, 0.2) is 54.7 Å². The van der Waals surface area contributed by atoms with Gasteiger partial charge in [-0.3, -0.25) is 9.78 Å². The summed E-state index contributed by atoms with van der Waals surface area (Å²) in [5.41, 5.74) is 0.959. The van der Waals surface area contributed by atoms with Crippen LogP contribution in [0.2, 0.25) is 0 Å². The van der Waals surface area contributed by atoms with E-state index in [2.05, 4.69) is 10.3 Å². The quantitative estimate of drug-likeness (QED) is 0.778. The second-order valence-corrected chi connectivity index (χ2v) is 4.46. The molecule has 0 bridgehead atoms. The molecular formula is C16H10F2N2O. The molecule has 2 aromatic carbocycles. The van der Waals surface area contributed by atoms with Gasteiger partial charge in [0, 0.05) is 17.1 Å². The largest absolute Gasteiger partial charge is 0.321 e. The van der Waals surface area contributed by atoms with Gasteiger partial charge >= 0.3 is 0 Å². The molecule has 1 heterocycles. The third-order valence-corrected chi connectivity index (χ3v) is 3.08. The fourth-order valence-corrected chi connectivity index (χ4v) is 2.04. The second-order valence-electron chi connectivity index (χ2n) is 4.46. The summed E-state index contributed by atoms with van der Waals surface area (Å²) >= 11 is 0. The summed E-state index contributed by atoms with van der Waals surface area (Å²) in [4.78, 5) is 16.1. The molecule has 1 aromatic heterocycles. The third kappa shape index (κ3) is 2.58. The predicted molar refractivity (Wildman–Crippen MR) is 76.1 cm³/mol. The second kappa shape index (κ2) is 5.28. The van der Waals surface area contributed by atoms with E-state index in [0.29, 0.717) is 16.6 Å². The maximum absolute atomic E-state index is 13.7. The first kappa shape index (κ1) is 13.2. The van der Waals surface area contributed by atoms with Crippen LogP contribution in [-0.4, -0.2) is 10.9 Å². The number of carbonyl (C=O) groups excluding carboxylic acids is 1. The van der Waals surface area contributed by atoms with Gasteiger partial charge in [0.2, 0.25) is 0 Å². The predicted octanol–water partition coefficient (Wildman–Crippen LogP) is 3.77. The molecular weight excluding hydrogens is 274 g/mol. The normalized spacial score (nSPS) is 10.6. The van der Waals surface area contributed by atoms with E-state index in [0.717, 1.165) is 0 Å². The number of carbonyl (C=O) groups is 1. The lowest BCUT2D eigenvalue weighted by Gasteiger charge is -2.08. The molecule has 0 aliphatic heterocycles. The Balaban J connectivity index is 1.96. The van der Waals surface area contributed by atoms with Gasteiger partial charge in [0.15, 0.2) is 0 Å². The van der Waals surface area contributed by atoms with Crippen molar-refractivity contribution in [1.82, 2.24) is 4.98 Å². The number of fused-ring (bicyclic) bond motifs is 1. The van der Waals surface area contributed by atoms with E-state index in [4.69, 9.17) is 0 Å². The maximum atomic E-state index is 13.7. The third-order valence-electron chi connectivity index (χ3n) is 3.08. The highest BCUT2D eigenvalue weighted by Crippen LogP contribution is 2.23. The Kier molecular flexibility index (Phi) is 3.31. The Morgan fingerprint density at radius 2 is 1.76 bits per heavy atom. The summed E-state index contributed by atoms with van der Waals surface area (Å²) < 4.78 is 26.5. The maximum Gasteiger partial charge on any atom is 0.255 e. The summed E-state index contributed by atoms with van der Waals surface area (Å²) in [5.74, 6) is -1.26. The van der Waals surface area contributed by atoms with Gasteiger partial charge in [-0.2, -0.15) is 0 Å². The number of anilines is 1. The number of nitrogens with zero attached hydrogens (tertiary/aromatic N) is 1. The van der Waals surface area contributed by atoms with Crippen molar-refractivity contribution in [1.29, 1.82) is 0 Å². The average Bonchev–Trinajstić information content (AvgIpc) is 2.49. The van der Waals surface area contributed by atoms with Crippen LogP contribution in [0.1, 0.15) is 10.4 Å². The Bertz CT molecular complexity index is 816. The molecule has 0 fully saturated rings. The first-order chi connectivity index (χ1) is 10.1. The topological polar surface area (TPSA) is 42.0 Å². The smallest absolute Gasteiger partial charge is 0.255 e. The monoisotopic (exact) mass is 284 g/mol. The van der Waals surface area contributed by atoms with Gasteiger partial charge in [0.05, 0.1) is 5.69 Å². The Morgan fingerprint density at radius 1 is 1.00 bits per heavy atom. The van der Waals surface area contributed by atoms with Crippen LogP contribution in [0, 0.1) is 11.6 Å². The SMILES string of the molecule is O=C(Nc1ccnc2c(F)cccc12)c1ccc(F)cc1. The summed E-state index contributed by atoms with van der Waals surface area (Å²) in [6, 6.07) is 11.3. The number of pyridine rings is 1. The van der Waals surface area contributed by atoms with E-state index in [1.165, 1.54) is 36.5 Å². The highest BCUT2D eigenvalue weighted by Gasteiger charge is 2.10. The standard InChI is InChI=1S/C16H10F2N2O/c17-11-6-4-10(5-7-11)16(21)20-14-8-9-19-15-12(14)2-1-3-13(15)18/h1-9H,(H,19,20,21). The van der Waals surface area contributed by atoms with E-state index in [1.54, 1.807) is 18.2 Å². The van der Waals surface area contributed by atoms with Crippen LogP contribution in [-0.2, 0) is 0 Å². The average molecular weight is 284 g/mol. The molecule has 1 N–H and O–H groups in total. The van der Waals surface area contributed by atoms with E-state index in [1.807, 2.05) is 0 Å². The Morgan fingerprint density at radius 3 is 2.52 bits per heavy atom. The number of amides is 1. The number of rotatable bonds is 2. The molecule has 0 spiro atoms. The molecule has 104 valence electrons. The van der Waals surface area contributed by atoms with Gasteiger partial charge in [0.25, 0.3) is 5.91 Å². The van der Waals surface area contributed by atoms with Crippen LogP contribution in [0.25, 0.3) is 10.9 Å². The lowest BCUT2D eigenvalue weighted by molar-refractivity contribution is 0.102. The molecule has 3 rings (SSSR count). The highest BCUT2D eigenvalue weighted by atomic mass is 19.1. The Labute approximate surface area is 119 Å². The highest BCUT2D eigenvalue weighted by molar-refractivity contribution is 6.08. The van der Waals surface area contributed by atoms with Gasteiger partial charge in [-0.1, -0.05) is 12.1 Å². The summed E-state index contributed by atoms with van der Waals surface area (Å²) in [7, 11) is 0. The van der Waals surface area contributed by atoms with Crippen molar-refractivity contribution in [3.8, 4) is 0 Å². The van der Waals surface area contributed by atoms with Gasteiger partial charge < -0.3 is 5.32 Å². The zero-order valence-corrected chi connectivity index (χ0v) is 10.8. The molecule has 0 aliphatic carbocycles. The minimum absolute atomic E-state index is 0.189. The van der Waals surface area contributed by atoms with Crippen LogP contribution in [0.4, 0.5) is 14.5 Å². The van der Waals surface area contributed by atoms with Crippen LogP contribution in [0.3, 0.4) is 0 Å². The molecule has 1 amide bonds. The molecule has 0 saturated carbocycles. The van der Waals surface area contributed by atoms with Crippen molar-refractivity contribution >= 4 is 22.5 Å². The number of para-hydroxylation sites is 1. The molecule has 0 saturated heterocycles. The van der Waals surface area contributed by atoms with E-state index in [9.17, 15) is 13.6 Å². The van der Waals surface area contributed by atoms with Crippen molar-refractivity contribution < 1.29 is 13.6 Å². The first-order valence-electron chi connectivity index (χ1n) is 6.25. The molecule has 0 radical (unpaired) electrons. The molecule has 3 aromatic rings. The van der Waals surface area contributed by atoms with Crippen LogP contribution in [0.5, 0.6) is 0 Å². The number of hydrogen-bond acceptors (Lipinski definition) is 2. The molecule has 0 unspecified atom stereocenters. The minimum Gasteiger partial charge on any atom is -0.321 e. The van der Waals surface area contributed by atoms with Gasteiger partial charge in [-0.25, -0.2) is 8.78 Å². The lowest BCUT2D eigenvalue weighted by Crippen LogP contribution is -2.12. The van der Waals surface area contributed by atoms with Crippen LogP contribution >= 0.6 is 0 Å². The summed E-state index contributed by atoms with van der Waals surface area (Å²) in [6.07, 6.45) is 1.42. The number of aromatic nitrogens is 1. The molecule has 3 nitrogen and oxygen atoms in total. The van der Waals surface area contributed by atoms with E-state index in [-0.39, 0.29) is 5.52 Å². The molecule has 0 atom stereocenters.